The van der Waals surface area contributed by atoms with Gasteiger partial charge in [0.15, 0.2) is 0 Å². The Kier molecular flexibility index (Phi) is 34200000. The summed E-state index contributed by atoms with van der Waals surface area (Å²) < 4.78 is 0. The van der Waals surface area contributed by atoms with Crippen LogP contribution in [0.1, 0.15) is 0 Å². The molecule has 24 valence electrons. The quantitative estimate of drug-likeness (QED) is 0.247. The molecule has 0 N–H and O–H groups in total. The number of hydrogen-bond donors (Lipinski definition) is 0. The second-order valence-electron chi connectivity index (χ2n) is 0. The molecule has 0 aliphatic heterocycles. The average Bonchev–Trinajstić information content (AvgIpc) is 0. The molecule has 0 aromatic heterocycles. The van der Waals surface area contributed by atoms with Crippen molar-refractivity contribution >= 4 is 10.1 Å². The Morgan fingerprint density at radius 3 is 0.750 bits per heavy atom. The van der Waals surface area contributed by atoms with Gasteiger partial charge in [-0.1, -0.05) is 0 Å². The van der Waals surface area contributed by atoms with E-state index < -0.39 is 0 Å². The molecule has 4 heteroatoms. The van der Waals surface area contributed by atoms with Gasteiger partial charge >= 0.3 is 10.1 Å². The molecular weight excluding hydrogens is 66.0 g/mol. The molecular formula is HBeF3. The van der Waals surface area contributed by atoms with E-state index in [1.165, 1.54) is 0 Å². The van der Waals surface area contributed by atoms with Crippen LogP contribution in [-0.2, 0) is 0 Å². The normalized spacial score (nSPS) is 0. The van der Waals surface area contributed by atoms with Gasteiger partial charge in [0, 0.05) is 0 Å². The molecule has 0 nitrogen and oxygen atoms in total. The third kappa shape index (κ3) is 1060. The van der Waals surface area contributed by atoms with E-state index in [4.69, 9.17) is 0 Å². The molecule has 0 amide bonds. The first-order valence-corrected chi connectivity index (χ1v) is 0. The van der Waals surface area contributed by atoms with E-state index in [-0.39, 0.29) is 24.2 Å². The Morgan fingerprint density at radius 2 is 0.750 bits per heavy atom. The van der Waals surface area contributed by atoms with Crippen molar-refractivity contribution in [3.05, 3.63) is 0 Å². The molecule has 0 atom stereocenters. The van der Waals surface area contributed by atoms with Crippen LogP contribution in [0.2, 0.25) is 0 Å². The van der Waals surface area contributed by atoms with Crippen molar-refractivity contribution in [2.24, 2.45) is 0 Å². The molecule has 0 saturated carbocycles. The molecule has 0 unspecified atom stereocenters. The van der Waals surface area contributed by atoms with Crippen molar-refractivity contribution in [2.45, 2.75) is 0 Å². The fourth-order valence-corrected chi connectivity index (χ4v) is 0. The zero-order chi connectivity index (χ0) is 0. The minimum Gasteiger partial charge on any atom is -1.00 e. The van der Waals surface area contributed by atoms with Gasteiger partial charge in [-0.3, -0.25) is 4.70 Å². The van der Waals surface area contributed by atoms with Crippen LogP contribution in [0.15, 0.2) is 0 Å². The predicted molar refractivity (Wildman–Crippen MR) is 8.26 cm³/mol. The number of hydrogen-bond acceptors (Lipinski definition) is 0. The van der Waals surface area contributed by atoms with Crippen LogP contribution in [0.25, 0.3) is 0 Å². The molecule has 4 heavy (non-hydrogen) atoms. The molecule has 0 spiro atoms. The maximum absolute atomic E-state index is 0. The molecule has 0 aromatic carbocycles. The van der Waals surface area contributed by atoms with Crippen molar-refractivity contribution in [2.75, 3.05) is 0 Å². The first-order valence-electron chi connectivity index (χ1n) is 0. The van der Waals surface area contributed by atoms with Crippen LogP contribution < -0.4 is 9.41 Å². The smallest absolute Gasteiger partial charge is 1.00 e. The van der Waals surface area contributed by atoms with Crippen LogP contribution in [-0.4, -0.2) is 10.1 Å². The largest absolute Gasteiger partial charge is 2.00 e. The summed E-state index contributed by atoms with van der Waals surface area (Å²) in [6, 6.07) is 0. The van der Waals surface area contributed by atoms with E-state index in [0.717, 1.165) is 0 Å². The standard InChI is InChI=1S/Be.3FH/h;3*1H/q+2;;;/p-2. The van der Waals surface area contributed by atoms with E-state index in [2.05, 4.69) is 0 Å². The third-order valence-electron chi connectivity index (χ3n) is 0. The van der Waals surface area contributed by atoms with Crippen molar-refractivity contribution in [1.82, 2.24) is 0 Å². The minimum atomic E-state index is 0. The van der Waals surface area contributed by atoms with Gasteiger partial charge in [0.05, 0.1) is 0 Å². The molecule has 0 bridgehead atoms. The van der Waals surface area contributed by atoms with Crippen molar-refractivity contribution in [3.8, 4) is 0 Å². The maximum Gasteiger partial charge on any atom is 2.00 e. The van der Waals surface area contributed by atoms with Gasteiger partial charge in [-0.25, -0.2) is 0 Å². The fourth-order valence-electron chi connectivity index (χ4n) is 0. The third-order valence-corrected chi connectivity index (χ3v) is 0. The summed E-state index contributed by atoms with van der Waals surface area (Å²) in [5.74, 6) is 0. The van der Waals surface area contributed by atoms with Gasteiger partial charge in [0.2, 0.25) is 0 Å². The van der Waals surface area contributed by atoms with E-state index >= 15 is 0 Å². The monoisotopic (exact) mass is 67.0 g/mol. The second-order valence-corrected chi connectivity index (χ2v) is 0. The Balaban J connectivity index is 0. The van der Waals surface area contributed by atoms with E-state index in [0.29, 0.717) is 0 Å². The summed E-state index contributed by atoms with van der Waals surface area (Å²) in [7, 11) is 0. The van der Waals surface area contributed by atoms with Crippen molar-refractivity contribution in [3.63, 3.8) is 0 Å². The summed E-state index contributed by atoms with van der Waals surface area (Å²) in [4.78, 5) is 0. The molecule has 0 fully saturated rings. The Hall–Kier alpha value is -0.0412. The molecule has 0 rings (SSSR count). The van der Waals surface area contributed by atoms with Crippen LogP contribution in [0, 0.1) is 0 Å². The summed E-state index contributed by atoms with van der Waals surface area (Å²) in [6.07, 6.45) is 0. The van der Waals surface area contributed by atoms with Gasteiger partial charge in [-0.15, -0.1) is 0 Å². The minimum absolute atomic E-state index is 0. The molecule has 0 saturated heterocycles. The Bertz CT molecular complexity index is 3.25. The first kappa shape index (κ1) is 20400. The maximum atomic E-state index is 0. The Morgan fingerprint density at radius 1 is 0.750 bits per heavy atom. The van der Waals surface area contributed by atoms with Crippen molar-refractivity contribution < 1.29 is 14.1 Å². The van der Waals surface area contributed by atoms with Gasteiger partial charge < -0.3 is 9.41 Å². The topological polar surface area (TPSA) is 0 Å². The zero-order valence-corrected chi connectivity index (χ0v) is 1.87. The van der Waals surface area contributed by atoms with E-state index in [1.807, 2.05) is 0 Å². The molecule has 0 aromatic rings. The summed E-state index contributed by atoms with van der Waals surface area (Å²) >= 11 is 0. The number of halogens is 3. The SMILES string of the molecule is F.[Be+2].[F-].[F-]. The van der Waals surface area contributed by atoms with Crippen molar-refractivity contribution in [1.29, 1.82) is 0 Å². The summed E-state index contributed by atoms with van der Waals surface area (Å²) in [6.45, 7) is 0. The van der Waals surface area contributed by atoms with Gasteiger partial charge in [-0.2, -0.15) is 0 Å². The Labute approximate surface area is 25.5 Å². The number of rotatable bonds is 0. The second kappa shape index (κ2) is 6700. The van der Waals surface area contributed by atoms with Gasteiger partial charge in [0.1, 0.15) is 0 Å². The summed E-state index contributed by atoms with van der Waals surface area (Å²) in [5.41, 5.74) is 0. The molecule has 0 aliphatic carbocycles. The molecule has 0 heterocycles. The van der Waals surface area contributed by atoms with E-state index in [9.17, 15) is 0 Å². The first-order chi connectivity index (χ1) is 0. The van der Waals surface area contributed by atoms with Crippen LogP contribution >= 0.6 is 0 Å². The predicted octanol–water partition coefficient (Wildman–Crippen LogP) is -6.22. The van der Waals surface area contributed by atoms with Gasteiger partial charge in [-0.05, 0) is 0 Å². The average molecular weight is 67.0 g/mol. The fraction of sp³-hybridized carbons (Fsp3) is 0. The van der Waals surface area contributed by atoms with E-state index in [1.54, 1.807) is 0 Å². The zero-order valence-electron chi connectivity index (χ0n) is 1.87. The van der Waals surface area contributed by atoms with Crippen LogP contribution in [0.5, 0.6) is 0 Å². The summed E-state index contributed by atoms with van der Waals surface area (Å²) in [5, 5.41) is 0. The van der Waals surface area contributed by atoms with Crippen LogP contribution in [0.3, 0.4) is 0 Å². The van der Waals surface area contributed by atoms with Crippen LogP contribution in [0.4, 0.5) is 4.70 Å². The molecule has 0 radical (unpaired) electrons. The molecule has 0 aliphatic rings. The van der Waals surface area contributed by atoms with Gasteiger partial charge in [0.25, 0.3) is 0 Å².